The van der Waals surface area contributed by atoms with Crippen LogP contribution in [-0.4, -0.2) is 22.1 Å². The van der Waals surface area contributed by atoms with E-state index in [2.05, 4.69) is 27.1 Å². The summed E-state index contributed by atoms with van der Waals surface area (Å²) in [6, 6.07) is 10.1. The molecule has 0 saturated heterocycles. The van der Waals surface area contributed by atoms with E-state index in [1.54, 1.807) is 7.11 Å². The van der Waals surface area contributed by atoms with Gasteiger partial charge in [0.05, 0.1) is 12.6 Å². The summed E-state index contributed by atoms with van der Waals surface area (Å²) in [6.07, 6.45) is 2.57. The minimum absolute atomic E-state index is 0.743. The average molecular weight is 253 g/mol. The third kappa shape index (κ3) is 2.42. The molecular formula is C15H15N3O. The highest BCUT2D eigenvalue weighted by Gasteiger charge is 2.05. The molecule has 0 fully saturated rings. The molecule has 96 valence electrons. The number of H-pyrrole nitrogens is 1. The molecular weight excluding hydrogens is 238 g/mol. The van der Waals surface area contributed by atoms with Gasteiger partial charge in [0.25, 0.3) is 0 Å². The van der Waals surface area contributed by atoms with E-state index >= 15 is 0 Å². The summed E-state index contributed by atoms with van der Waals surface area (Å²) in [6.45, 7) is 2.02. The van der Waals surface area contributed by atoms with Gasteiger partial charge in [-0.3, -0.25) is 0 Å². The van der Waals surface area contributed by atoms with Crippen molar-refractivity contribution in [3.8, 4) is 5.75 Å². The minimum Gasteiger partial charge on any atom is -0.497 e. The van der Waals surface area contributed by atoms with E-state index in [4.69, 9.17) is 4.74 Å². The molecule has 0 saturated carbocycles. The normalized spacial score (nSPS) is 10.8. The summed E-state index contributed by atoms with van der Waals surface area (Å²) < 4.78 is 5.22. The van der Waals surface area contributed by atoms with Crippen molar-refractivity contribution in [1.82, 2.24) is 15.0 Å². The lowest BCUT2D eigenvalue weighted by atomic mass is 10.1. The summed E-state index contributed by atoms with van der Waals surface area (Å²) in [7, 11) is 1.67. The second-order valence-electron chi connectivity index (χ2n) is 4.60. The second-order valence-corrected chi connectivity index (χ2v) is 4.60. The van der Waals surface area contributed by atoms with Crippen LogP contribution in [0.5, 0.6) is 5.75 Å². The molecule has 1 N–H and O–H groups in total. The van der Waals surface area contributed by atoms with Crippen molar-refractivity contribution in [3.63, 3.8) is 0 Å². The van der Waals surface area contributed by atoms with Crippen molar-refractivity contribution < 1.29 is 4.74 Å². The standard InChI is InChI=1S/C15H15N3O/c1-10-6-13-15(16-9-10)18-14(17-13)8-11-4-3-5-12(7-11)19-2/h3-7,9H,8H2,1-2H3,(H,16,17,18). The summed E-state index contributed by atoms with van der Waals surface area (Å²) in [4.78, 5) is 12.1. The van der Waals surface area contributed by atoms with E-state index in [-0.39, 0.29) is 0 Å². The van der Waals surface area contributed by atoms with E-state index in [1.165, 1.54) is 0 Å². The molecule has 1 aromatic carbocycles. The number of nitrogens with one attached hydrogen (secondary N) is 1. The van der Waals surface area contributed by atoms with Crippen molar-refractivity contribution >= 4 is 11.2 Å². The van der Waals surface area contributed by atoms with Crippen molar-refractivity contribution in [2.45, 2.75) is 13.3 Å². The fourth-order valence-electron chi connectivity index (χ4n) is 2.11. The second kappa shape index (κ2) is 4.72. The number of hydrogen-bond donors (Lipinski definition) is 1. The molecule has 2 aromatic heterocycles. The SMILES string of the molecule is COc1cccc(Cc2nc3ncc(C)cc3[nH]2)c1. The van der Waals surface area contributed by atoms with Gasteiger partial charge in [-0.15, -0.1) is 0 Å². The van der Waals surface area contributed by atoms with Gasteiger partial charge in [0.1, 0.15) is 11.6 Å². The molecule has 0 aliphatic rings. The molecule has 4 heteroatoms. The van der Waals surface area contributed by atoms with Crippen LogP contribution in [0.1, 0.15) is 17.0 Å². The number of pyridine rings is 1. The Morgan fingerprint density at radius 2 is 2.16 bits per heavy atom. The van der Waals surface area contributed by atoms with E-state index in [1.807, 2.05) is 31.3 Å². The van der Waals surface area contributed by atoms with E-state index in [0.717, 1.165) is 40.3 Å². The Balaban J connectivity index is 1.92. The first-order valence-electron chi connectivity index (χ1n) is 6.19. The Bertz CT molecular complexity index is 718. The van der Waals surface area contributed by atoms with Crippen LogP contribution in [0.3, 0.4) is 0 Å². The molecule has 0 radical (unpaired) electrons. The number of aryl methyl sites for hydroxylation is 1. The third-order valence-corrected chi connectivity index (χ3v) is 3.03. The zero-order valence-corrected chi connectivity index (χ0v) is 11.0. The lowest BCUT2D eigenvalue weighted by Gasteiger charge is -2.02. The smallest absolute Gasteiger partial charge is 0.177 e. The number of fused-ring (bicyclic) bond motifs is 1. The van der Waals surface area contributed by atoms with E-state index < -0.39 is 0 Å². The predicted molar refractivity (Wildman–Crippen MR) is 74.4 cm³/mol. The summed E-state index contributed by atoms with van der Waals surface area (Å²) in [5.41, 5.74) is 4.04. The highest BCUT2D eigenvalue weighted by Crippen LogP contribution is 2.17. The number of ether oxygens (including phenoxy) is 1. The number of aromatic nitrogens is 3. The van der Waals surface area contributed by atoms with Crippen LogP contribution >= 0.6 is 0 Å². The Kier molecular flexibility index (Phi) is 2.91. The third-order valence-electron chi connectivity index (χ3n) is 3.03. The van der Waals surface area contributed by atoms with E-state index in [9.17, 15) is 0 Å². The summed E-state index contributed by atoms with van der Waals surface area (Å²) >= 11 is 0. The van der Waals surface area contributed by atoms with E-state index in [0.29, 0.717) is 0 Å². The molecule has 3 rings (SSSR count). The Morgan fingerprint density at radius 1 is 1.26 bits per heavy atom. The molecule has 0 bridgehead atoms. The van der Waals surface area contributed by atoms with Gasteiger partial charge in [-0.2, -0.15) is 0 Å². The maximum absolute atomic E-state index is 5.22. The Hall–Kier alpha value is -2.36. The first-order chi connectivity index (χ1) is 9.24. The molecule has 3 aromatic rings. The lowest BCUT2D eigenvalue weighted by molar-refractivity contribution is 0.414. The Morgan fingerprint density at radius 3 is 3.00 bits per heavy atom. The molecule has 0 aliphatic carbocycles. The zero-order chi connectivity index (χ0) is 13.2. The van der Waals surface area contributed by atoms with Gasteiger partial charge in [-0.1, -0.05) is 12.1 Å². The number of benzene rings is 1. The highest BCUT2D eigenvalue weighted by molar-refractivity contribution is 5.71. The van der Waals surface area contributed by atoms with Gasteiger partial charge < -0.3 is 9.72 Å². The summed E-state index contributed by atoms with van der Waals surface area (Å²) in [5, 5.41) is 0. The van der Waals surface area contributed by atoms with Gasteiger partial charge in [0.2, 0.25) is 0 Å². The number of nitrogens with zero attached hydrogens (tertiary/aromatic N) is 2. The molecule has 0 spiro atoms. The predicted octanol–water partition coefficient (Wildman–Crippen LogP) is 2.87. The monoisotopic (exact) mass is 253 g/mol. The molecule has 0 unspecified atom stereocenters. The molecule has 19 heavy (non-hydrogen) atoms. The van der Waals surface area contributed by atoms with Gasteiger partial charge in [0, 0.05) is 12.6 Å². The van der Waals surface area contributed by atoms with Crippen LogP contribution in [0.2, 0.25) is 0 Å². The zero-order valence-electron chi connectivity index (χ0n) is 11.0. The minimum atomic E-state index is 0.743. The molecule has 0 atom stereocenters. The number of hydrogen-bond acceptors (Lipinski definition) is 3. The van der Waals surface area contributed by atoms with Crippen LogP contribution in [0.25, 0.3) is 11.2 Å². The van der Waals surface area contributed by atoms with Gasteiger partial charge >= 0.3 is 0 Å². The summed E-state index contributed by atoms with van der Waals surface area (Å²) in [5.74, 6) is 1.78. The number of imidazole rings is 1. The lowest BCUT2D eigenvalue weighted by Crippen LogP contribution is -1.91. The fraction of sp³-hybridized carbons (Fsp3) is 0.200. The quantitative estimate of drug-likeness (QED) is 0.780. The first kappa shape index (κ1) is 11.7. The van der Waals surface area contributed by atoms with Gasteiger partial charge in [-0.05, 0) is 36.2 Å². The fourth-order valence-corrected chi connectivity index (χ4v) is 2.11. The van der Waals surface area contributed by atoms with Crippen LogP contribution in [-0.2, 0) is 6.42 Å². The highest BCUT2D eigenvalue weighted by atomic mass is 16.5. The number of aromatic amines is 1. The molecule has 4 nitrogen and oxygen atoms in total. The Labute approximate surface area is 111 Å². The van der Waals surface area contributed by atoms with Crippen LogP contribution < -0.4 is 4.74 Å². The van der Waals surface area contributed by atoms with Crippen molar-refractivity contribution in [1.29, 1.82) is 0 Å². The van der Waals surface area contributed by atoms with Crippen LogP contribution in [0, 0.1) is 6.92 Å². The average Bonchev–Trinajstić information content (AvgIpc) is 2.80. The maximum atomic E-state index is 5.22. The molecule has 2 heterocycles. The number of rotatable bonds is 3. The van der Waals surface area contributed by atoms with Crippen molar-refractivity contribution in [2.24, 2.45) is 0 Å². The van der Waals surface area contributed by atoms with Crippen molar-refractivity contribution in [2.75, 3.05) is 7.11 Å². The van der Waals surface area contributed by atoms with Crippen LogP contribution in [0.15, 0.2) is 36.5 Å². The van der Waals surface area contributed by atoms with Gasteiger partial charge in [-0.25, -0.2) is 9.97 Å². The molecule has 0 aliphatic heterocycles. The topological polar surface area (TPSA) is 50.8 Å². The first-order valence-corrected chi connectivity index (χ1v) is 6.19. The van der Waals surface area contributed by atoms with Crippen LogP contribution in [0.4, 0.5) is 0 Å². The maximum Gasteiger partial charge on any atom is 0.177 e. The molecule has 0 amide bonds. The van der Waals surface area contributed by atoms with Crippen molar-refractivity contribution in [3.05, 3.63) is 53.5 Å². The van der Waals surface area contributed by atoms with Gasteiger partial charge in [0.15, 0.2) is 5.65 Å². The number of methoxy groups -OCH3 is 1. The largest absolute Gasteiger partial charge is 0.497 e.